The first-order valence-corrected chi connectivity index (χ1v) is 14.3. The first-order valence-electron chi connectivity index (χ1n) is 9.88. The number of unbranched alkanes of at least 4 members (excludes halogenated alkanes) is 1. The van der Waals surface area contributed by atoms with Crippen LogP contribution >= 0.6 is 39.0 Å². The molecule has 1 aliphatic carbocycles. The second-order valence-corrected chi connectivity index (χ2v) is 12.0. The Morgan fingerprint density at radius 2 is 2.14 bits per heavy atom. The molecule has 3 rings (SSSR count). The van der Waals surface area contributed by atoms with Gasteiger partial charge in [-0.25, -0.2) is 18.1 Å². The number of aromatic nitrogens is 1. The SMILES string of the molecule is CS[C@@H]1CCC[C@H]1Nc1cc(Br)ccc1S(=O)(=O)NCCCCc1nc(C)cs1. The summed E-state index contributed by atoms with van der Waals surface area (Å²) in [7, 11) is -3.57. The Kier molecular flexibility index (Phi) is 8.44. The number of aryl methyl sites for hydroxylation is 2. The standard InChI is InChI=1S/C20H28BrN3O2S3/c1-14-13-28-20(23-14)8-3-4-11-22-29(25,26)19-10-9-15(21)12-17(19)24-16-6-5-7-18(16)27-2/h9-10,12-13,16,18,22,24H,3-8,11H2,1-2H3/t16-,18-/m1/s1. The number of nitrogens with one attached hydrogen (secondary N) is 2. The van der Waals surface area contributed by atoms with E-state index in [2.05, 4.69) is 37.2 Å². The number of sulfonamides is 1. The lowest BCUT2D eigenvalue weighted by molar-refractivity contribution is 0.576. The van der Waals surface area contributed by atoms with Crippen LogP contribution in [0.2, 0.25) is 0 Å². The average molecular weight is 519 g/mol. The predicted molar refractivity (Wildman–Crippen MR) is 128 cm³/mol. The molecule has 0 saturated heterocycles. The van der Waals surface area contributed by atoms with Gasteiger partial charge in [0.15, 0.2) is 0 Å². The zero-order valence-corrected chi connectivity index (χ0v) is 20.8. The molecule has 1 heterocycles. The Labute approximate surface area is 190 Å². The second kappa shape index (κ2) is 10.6. The van der Waals surface area contributed by atoms with E-state index in [-0.39, 0.29) is 0 Å². The first-order chi connectivity index (χ1) is 13.9. The lowest BCUT2D eigenvalue weighted by Gasteiger charge is -2.22. The molecule has 0 aliphatic heterocycles. The summed E-state index contributed by atoms with van der Waals surface area (Å²) in [5.41, 5.74) is 1.73. The Morgan fingerprint density at radius 1 is 1.31 bits per heavy atom. The number of nitrogens with zero attached hydrogens (tertiary/aromatic N) is 1. The average Bonchev–Trinajstić information content (AvgIpc) is 3.29. The Balaban J connectivity index is 1.60. The van der Waals surface area contributed by atoms with Gasteiger partial charge in [0.2, 0.25) is 10.0 Å². The number of thiazole rings is 1. The molecule has 2 aromatic rings. The topological polar surface area (TPSA) is 71.1 Å². The van der Waals surface area contributed by atoms with Gasteiger partial charge >= 0.3 is 0 Å². The van der Waals surface area contributed by atoms with Gasteiger partial charge in [0.1, 0.15) is 4.90 Å². The maximum absolute atomic E-state index is 12.9. The van der Waals surface area contributed by atoms with E-state index in [4.69, 9.17) is 0 Å². The van der Waals surface area contributed by atoms with Crippen molar-refractivity contribution in [2.45, 2.75) is 61.6 Å². The molecule has 0 amide bonds. The Bertz CT molecular complexity index is 917. The molecule has 0 spiro atoms. The van der Waals surface area contributed by atoms with Crippen LogP contribution in [0.4, 0.5) is 5.69 Å². The maximum Gasteiger partial charge on any atom is 0.242 e. The smallest absolute Gasteiger partial charge is 0.242 e. The van der Waals surface area contributed by atoms with Gasteiger partial charge in [-0.05, 0) is 63.5 Å². The summed E-state index contributed by atoms with van der Waals surface area (Å²) in [4.78, 5) is 4.77. The van der Waals surface area contributed by atoms with Crippen molar-refractivity contribution in [3.8, 4) is 0 Å². The van der Waals surface area contributed by atoms with E-state index < -0.39 is 10.0 Å². The Hall–Kier alpha value is -0.610. The van der Waals surface area contributed by atoms with Crippen molar-refractivity contribution in [1.29, 1.82) is 0 Å². The van der Waals surface area contributed by atoms with E-state index in [1.807, 2.05) is 30.1 Å². The molecule has 1 saturated carbocycles. The highest BCUT2D eigenvalue weighted by Gasteiger charge is 2.28. The summed E-state index contributed by atoms with van der Waals surface area (Å²) in [6, 6.07) is 5.63. The molecule has 1 fully saturated rings. The zero-order chi connectivity index (χ0) is 20.9. The van der Waals surface area contributed by atoms with Crippen LogP contribution in [0.3, 0.4) is 0 Å². The third-order valence-corrected chi connectivity index (χ3v) is 9.31. The molecular formula is C20H28BrN3O2S3. The van der Waals surface area contributed by atoms with Crippen LogP contribution in [0.25, 0.3) is 0 Å². The fourth-order valence-corrected chi connectivity index (χ4v) is 6.96. The lowest BCUT2D eigenvalue weighted by Crippen LogP contribution is -2.29. The third kappa shape index (κ3) is 6.43. The number of hydrogen-bond acceptors (Lipinski definition) is 6. The molecule has 0 bridgehead atoms. The van der Waals surface area contributed by atoms with E-state index in [0.717, 1.165) is 40.9 Å². The first kappa shape index (κ1) is 23.1. The Morgan fingerprint density at radius 3 is 2.86 bits per heavy atom. The zero-order valence-electron chi connectivity index (χ0n) is 16.8. The van der Waals surface area contributed by atoms with Crippen molar-refractivity contribution < 1.29 is 8.42 Å². The van der Waals surface area contributed by atoms with Crippen LogP contribution in [0, 0.1) is 6.92 Å². The minimum atomic E-state index is -3.57. The monoisotopic (exact) mass is 517 g/mol. The molecule has 0 radical (unpaired) electrons. The summed E-state index contributed by atoms with van der Waals surface area (Å²) in [5.74, 6) is 0. The molecule has 2 N–H and O–H groups in total. The summed E-state index contributed by atoms with van der Waals surface area (Å²) in [6.07, 6.45) is 8.14. The summed E-state index contributed by atoms with van der Waals surface area (Å²) >= 11 is 7.00. The van der Waals surface area contributed by atoms with Crippen LogP contribution in [-0.4, -0.2) is 37.5 Å². The molecule has 1 aliphatic rings. The van der Waals surface area contributed by atoms with Gasteiger partial charge in [0.05, 0.1) is 10.7 Å². The highest BCUT2D eigenvalue weighted by atomic mass is 79.9. The number of benzene rings is 1. The fourth-order valence-electron chi connectivity index (χ4n) is 3.63. The molecule has 0 unspecified atom stereocenters. The molecule has 2 atom stereocenters. The van der Waals surface area contributed by atoms with Gasteiger partial charge in [-0.1, -0.05) is 22.4 Å². The lowest BCUT2D eigenvalue weighted by atomic mass is 10.2. The van der Waals surface area contributed by atoms with Crippen LogP contribution in [0.1, 0.15) is 42.8 Å². The summed E-state index contributed by atoms with van der Waals surface area (Å²) in [5, 5.41) is 7.19. The van der Waals surface area contributed by atoms with Gasteiger partial charge in [-0.3, -0.25) is 0 Å². The number of rotatable bonds is 10. The van der Waals surface area contributed by atoms with Crippen LogP contribution in [0.15, 0.2) is 32.9 Å². The van der Waals surface area contributed by atoms with E-state index in [0.29, 0.717) is 28.4 Å². The molecule has 29 heavy (non-hydrogen) atoms. The van der Waals surface area contributed by atoms with Crippen molar-refractivity contribution in [1.82, 2.24) is 9.71 Å². The minimum absolute atomic E-state index is 0.301. The second-order valence-electron chi connectivity index (χ2n) is 7.33. The quantitative estimate of drug-likeness (QED) is 0.423. The van der Waals surface area contributed by atoms with Gasteiger partial charge in [0, 0.05) is 33.4 Å². The summed E-state index contributed by atoms with van der Waals surface area (Å²) < 4.78 is 29.5. The molecule has 1 aromatic heterocycles. The summed E-state index contributed by atoms with van der Waals surface area (Å²) in [6.45, 7) is 2.42. The van der Waals surface area contributed by atoms with Crippen molar-refractivity contribution >= 4 is 54.7 Å². The minimum Gasteiger partial charge on any atom is -0.380 e. The third-order valence-electron chi connectivity index (χ3n) is 5.10. The van der Waals surface area contributed by atoms with Crippen molar-refractivity contribution in [2.24, 2.45) is 0 Å². The van der Waals surface area contributed by atoms with Crippen molar-refractivity contribution in [3.63, 3.8) is 0 Å². The number of thioether (sulfide) groups is 1. The van der Waals surface area contributed by atoms with Crippen molar-refractivity contribution in [3.05, 3.63) is 38.8 Å². The highest BCUT2D eigenvalue weighted by molar-refractivity contribution is 9.10. The molecule has 9 heteroatoms. The highest BCUT2D eigenvalue weighted by Crippen LogP contribution is 2.33. The molecule has 160 valence electrons. The van der Waals surface area contributed by atoms with Crippen LogP contribution in [0.5, 0.6) is 0 Å². The fraction of sp³-hybridized carbons (Fsp3) is 0.550. The van der Waals surface area contributed by atoms with Gasteiger partial charge in [0.25, 0.3) is 0 Å². The van der Waals surface area contributed by atoms with Crippen LogP contribution in [-0.2, 0) is 16.4 Å². The van der Waals surface area contributed by atoms with Crippen molar-refractivity contribution in [2.75, 3.05) is 18.1 Å². The van der Waals surface area contributed by atoms with Crippen LogP contribution < -0.4 is 10.0 Å². The number of halogens is 1. The van der Waals surface area contributed by atoms with Gasteiger partial charge in [-0.15, -0.1) is 11.3 Å². The van der Waals surface area contributed by atoms with Gasteiger partial charge < -0.3 is 5.32 Å². The number of anilines is 1. The van der Waals surface area contributed by atoms with E-state index >= 15 is 0 Å². The molecule has 1 aromatic carbocycles. The van der Waals surface area contributed by atoms with E-state index in [1.165, 1.54) is 12.8 Å². The molecule has 5 nitrogen and oxygen atoms in total. The molecular weight excluding hydrogens is 490 g/mol. The predicted octanol–water partition coefficient (Wildman–Crippen LogP) is 5.21. The van der Waals surface area contributed by atoms with Gasteiger partial charge in [-0.2, -0.15) is 11.8 Å². The van der Waals surface area contributed by atoms with E-state index in [1.54, 1.807) is 23.5 Å². The largest absolute Gasteiger partial charge is 0.380 e. The van der Waals surface area contributed by atoms with E-state index in [9.17, 15) is 8.42 Å². The normalized spacial score (nSPS) is 19.6. The maximum atomic E-state index is 12.9. The number of hydrogen-bond donors (Lipinski definition) is 2.